The van der Waals surface area contributed by atoms with Gasteiger partial charge < -0.3 is 20.6 Å². The molecule has 0 aliphatic carbocycles. The quantitative estimate of drug-likeness (QED) is 0.687. The van der Waals surface area contributed by atoms with E-state index >= 15 is 0 Å². The highest BCUT2D eigenvalue weighted by atomic mass is 32.1. The lowest BCUT2D eigenvalue weighted by Gasteiger charge is -2.18. The van der Waals surface area contributed by atoms with Crippen molar-refractivity contribution in [3.05, 3.63) is 16.1 Å². The fraction of sp³-hybridized carbons (Fsp3) is 0.583. The minimum absolute atomic E-state index is 0.0501. The van der Waals surface area contributed by atoms with Crippen molar-refractivity contribution in [1.29, 1.82) is 0 Å². The lowest BCUT2D eigenvalue weighted by Crippen LogP contribution is -2.45. The van der Waals surface area contributed by atoms with Crippen LogP contribution in [0.5, 0.6) is 0 Å². The highest BCUT2D eigenvalue weighted by Crippen LogP contribution is 2.09. The Labute approximate surface area is 122 Å². The fourth-order valence-electron chi connectivity index (χ4n) is 1.68. The zero-order valence-corrected chi connectivity index (χ0v) is 12.7. The number of hydrogen-bond donors (Lipinski definition) is 3. The van der Waals surface area contributed by atoms with Crippen molar-refractivity contribution >= 4 is 23.3 Å². The predicted octanol–water partition coefficient (Wildman–Crippen LogP) is 0.633. The van der Waals surface area contributed by atoms with Gasteiger partial charge in [0, 0.05) is 30.9 Å². The Bertz CT molecular complexity index is 461. The molecule has 0 aliphatic rings. The van der Waals surface area contributed by atoms with E-state index in [0.29, 0.717) is 18.0 Å². The van der Waals surface area contributed by atoms with Crippen LogP contribution in [0.25, 0.3) is 0 Å². The zero-order chi connectivity index (χ0) is 15.1. The molecule has 0 radical (unpaired) electrons. The summed E-state index contributed by atoms with van der Waals surface area (Å²) < 4.78 is 0. The van der Waals surface area contributed by atoms with Crippen molar-refractivity contribution in [2.75, 3.05) is 27.2 Å². The van der Waals surface area contributed by atoms with E-state index in [2.05, 4.69) is 15.6 Å². The van der Waals surface area contributed by atoms with Crippen molar-refractivity contribution in [1.82, 2.24) is 20.5 Å². The third-order valence-corrected chi connectivity index (χ3v) is 3.32. The van der Waals surface area contributed by atoms with E-state index in [1.807, 2.05) is 25.9 Å². The van der Waals surface area contributed by atoms with E-state index in [-0.39, 0.29) is 17.8 Å². The molecule has 0 saturated carbocycles. The Hall–Kier alpha value is -1.67. The van der Waals surface area contributed by atoms with Crippen LogP contribution in [0.3, 0.4) is 0 Å². The average molecular weight is 300 g/mol. The van der Waals surface area contributed by atoms with E-state index in [1.165, 1.54) is 16.7 Å². The van der Waals surface area contributed by atoms with Gasteiger partial charge >= 0.3 is 12.0 Å². The van der Waals surface area contributed by atoms with Gasteiger partial charge in [-0.2, -0.15) is 0 Å². The molecule has 1 unspecified atom stereocenters. The van der Waals surface area contributed by atoms with E-state index < -0.39 is 5.97 Å². The van der Waals surface area contributed by atoms with E-state index in [1.54, 1.807) is 0 Å². The number of carbonyl (C=O) groups excluding carboxylic acids is 1. The van der Waals surface area contributed by atoms with Gasteiger partial charge in [-0.15, -0.1) is 11.3 Å². The highest BCUT2D eigenvalue weighted by Gasteiger charge is 2.10. The second-order valence-corrected chi connectivity index (χ2v) is 5.69. The van der Waals surface area contributed by atoms with Crippen LogP contribution < -0.4 is 10.6 Å². The Balaban J connectivity index is 2.26. The molecule has 7 nitrogen and oxygen atoms in total. The van der Waals surface area contributed by atoms with Gasteiger partial charge in [0.1, 0.15) is 0 Å². The molecule has 1 aromatic rings. The molecule has 0 bridgehead atoms. The van der Waals surface area contributed by atoms with Crippen molar-refractivity contribution in [3.63, 3.8) is 0 Å². The number of thiazole rings is 1. The molecule has 112 valence electrons. The van der Waals surface area contributed by atoms with E-state index in [4.69, 9.17) is 5.11 Å². The number of urea groups is 1. The van der Waals surface area contributed by atoms with Crippen molar-refractivity contribution in [2.24, 2.45) is 0 Å². The molecule has 1 aromatic heterocycles. The molecule has 0 spiro atoms. The number of carbonyl (C=O) groups is 2. The summed E-state index contributed by atoms with van der Waals surface area (Å²) in [6, 6.07) is -0.169. The maximum absolute atomic E-state index is 11.6. The third-order valence-electron chi connectivity index (χ3n) is 2.41. The summed E-state index contributed by atoms with van der Waals surface area (Å²) in [5, 5.41) is 16.5. The van der Waals surface area contributed by atoms with Gasteiger partial charge in [0.15, 0.2) is 5.69 Å². The summed E-state index contributed by atoms with van der Waals surface area (Å²) in [5.41, 5.74) is 0.0501. The maximum atomic E-state index is 11.6. The number of rotatable bonds is 7. The van der Waals surface area contributed by atoms with Crippen LogP contribution in [0.1, 0.15) is 22.4 Å². The molecule has 0 fully saturated rings. The minimum Gasteiger partial charge on any atom is -0.476 e. The molecule has 1 atom stereocenters. The van der Waals surface area contributed by atoms with Crippen molar-refractivity contribution in [2.45, 2.75) is 19.4 Å². The molecule has 2 amide bonds. The van der Waals surface area contributed by atoms with Gasteiger partial charge in [-0.3, -0.25) is 0 Å². The standard InChI is InChI=1S/C12H20N4O3S/c1-8(6-16(2)3)14-12(19)13-5-4-10-15-9(7-20-10)11(17)18/h7-8H,4-6H2,1-3H3,(H,17,18)(H2,13,14,19). The van der Waals surface area contributed by atoms with Crippen LogP contribution in [0, 0.1) is 0 Å². The largest absolute Gasteiger partial charge is 0.476 e. The normalized spacial score (nSPS) is 12.2. The summed E-state index contributed by atoms with van der Waals surface area (Å²) in [4.78, 5) is 28.2. The second kappa shape index (κ2) is 7.81. The number of aromatic nitrogens is 1. The molecular formula is C12H20N4O3S. The number of nitrogens with zero attached hydrogens (tertiary/aromatic N) is 2. The van der Waals surface area contributed by atoms with Gasteiger partial charge in [-0.05, 0) is 21.0 Å². The molecule has 0 saturated heterocycles. The smallest absolute Gasteiger partial charge is 0.355 e. The molecule has 1 heterocycles. The second-order valence-electron chi connectivity index (χ2n) is 4.75. The fourth-order valence-corrected chi connectivity index (χ4v) is 2.45. The summed E-state index contributed by atoms with van der Waals surface area (Å²) in [6.45, 7) is 3.12. The van der Waals surface area contributed by atoms with E-state index in [0.717, 1.165) is 6.54 Å². The molecule has 0 aromatic carbocycles. The number of amides is 2. The summed E-state index contributed by atoms with van der Waals surface area (Å²) in [6.07, 6.45) is 0.521. The summed E-state index contributed by atoms with van der Waals surface area (Å²) in [5.74, 6) is -1.03. The average Bonchev–Trinajstić information content (AvgIpc) is 2.76. The Kier molecular flexibility index (Phi) is 6.40. The van der Waals surface area contributed by atoms with Gasteiger partial charge in [0.05, 0.1) is 5.01 Å². The van der Waals surface area contributed by atoms with Crippen molar-refractivity contribution < 1.29 is 14.7 Å². The first-order valence-electron chi connectivity index (χ1n) is 6.25. The number of likely N-dealkylation sites (N-methyl/N-ethyl adjacent to an activating group) is 1. The number of nitrogens with one attached hydrogen (secondary N) is 2. The lowest BCUT2D eigenvalue weighted by molar-refractivity contribution is 0.0691. The van der Waals surface area contributed by atoms with Gasteiger partial charge in [0.25, 0.3) is 0 Å². The van der Waals surface area contributed by atoms with Gasteiger partial charge in [0.2, 0.25) is 0 Å². The Morgan fingerprint density at radius 3 is 2.75 bits per heavy atom. The van der Waals surface area contributed by atoms with Crippen LogP contribution in [0.2, 0.25) is 0 Å². The highest BCUT2D eigenvalue weighted by molar-refractivity contribution is 7.09. The predicted molar refractivity (Wildman–Crippen MR) is 77.3 cm³/mol. The Morgan fingerprint density at radius 1 is 1.50 bits per heavy atom. The first-order valence-corrected chi connectivity index (χ1v) is 7.13. The summed E-state index contributed by atoms with van der Waals surface area (Å²) >= 11 is 1.28. The molecule has 0 aliphatic heterocycles. The number of hydrogen-bond acceptors (Lipinski definition) is 5. The summed E-state index contributed by atoms with van der Waals surface area (Å²) in [7, 11) is 3.89. The van der Waals surface area contributed by atoms with Crippen LogP contribution >= 0.6 is 11.3 Å². The maximum Gasteiger partial charge on any atom is 0.355 e. The monoisotopic (exact) mass is 300 g/mol. The van der Waals surface area contributed by atoms with Crippen LogP contribution in [-0.4, -0.2) is 60.2 Å². The molecule has 3 N–H and O–H groups in total. The number of aromatic carboxylic acids is 1. The third kappa shape index (κ3) is 5.98. The zero-order valence-electron chi connectivity index (χ0n) is 11.8. The van der Waals surface area contributed by atoms with Crippen LogP contribution in [-0.2, 0) is 6.42 Å². The first kappa shape index (κ1) is 16.4. The lowest BCUT2D eigenvalue weighted by atomic mass is 10.3. The molecule has 8 heteroatoms. The Morgan fingerprint density at radius 2 is 2.20 bits per heavy atom. The number of carboxylic acid groups (broad SMARTS) is 1. The first-order chi connectivity index (χ1) is 9.38. The topological polar surface area (TPSA) is 94.6 Å². The molecule has 1 rings (SSSR count). The minimum atomic E-state index is -1.03. The van der Waals surface area contributed by atoms with E-state index in [9.17, 15) is 9.59 Å². The van der Waals surface area contributed by atoms with Gasteiger partial charge in [-0.25, -0.2) is 14.6 Å². The SMILES string of the molecule is CC(CN(C)C)NC(=O)NCCc1nc(C(=O)O)cs1. The molecular weight excluding hydrogens is 280 g/mol. The van der Waals surface area contributed by atoms with Crippen LogP contribution in [0.4, 0.5) is 4.79 Å². The van der Waals surface area contributed by atoms with Gasteiger partial charge in [-0.1, -0.05) is 0 Å². The van der Waals surface area contributed by atoms with Crippen molar-refractivity contribution in [3.8, 4) is 0 Å². The molecule has 20 heavy (non-hydrogen) atoms. The number of carboxylic acids is 1. The van der Waals surface area contributed by atoms with Crippen LogP contribution in [0.15, 0.2) is 5.38 Å².